The summed E-state index contributed by atoms with van der Waals surface area (Å²) in [5, 5.41) is 7.20. The van der Waals surface area contributed by atoms with Gasteiger partial charge >= 0.3 is 0 Å². The highest BCUT2D eigenvalue weighted by Gasteiger charge is 2.26. The van der Waals surface area contributed by atoms with Gasteiger partial charge in [-0.2, -0.15) is 4.98 Å². The highest BCUT2D eigenvalue weighted by atomic mass is 16.5. The minimum atomic E-state index is 0.0365. The van der Waals surface area contributed by atoms with Crippen LogP contribution in [0.25, 0.3) is 11.5 Å². The lowest BCUT2D eigenvalue weighted by molar-refractivity contribution is -0.121. The molecule has 1 aliphatic heterocycles. The maximum atomic E-state index is 12.7. The van der Waals surface area contributed by atoms with Gasteiger partial charge in [0.1, 0.15) is 0 Å². The Morgan fingerprint density at radius 1 is 1.10 bits per heavy atom. The third kappa shape index (κ3) is 5.39. The number of anilines is 1. The molecule has 1 aliphatic rings. The minimum Gasteiger partial charge on any atom is -0.334 e. The molecule has 1 N–H and O–H groups in total. The fraction of sp³-hybridized carbons (Fsp3) is 0.400. The number of carbonyl (C=O) groups is 1. The average Bonchev–Trinajstić information content (AvgIpc) is 3.23. The summed E-state index contributed by atoms with van der Waals surface area (Å²) in [5.74, 6) is 1.87. The number of piperidine rings is 1. The zero-order valence-electron chi connectivity index (χ0n) is 18.5. The number of aryl methyl sites for hydroxylation is 1. The molecule has 0 atom stereocenters. The number of carbonyl (C=O) groups excluding carboxylic acids is 1. The molecule has 6 nitrogen and oxygen atoms in total. The first-order valence-corrected chi connectivity index (χ1v) is 11.0. The maximum Gasteiger partial charge on any atom is 0.257 e. The average molecular weight is 419 g/mol. The summed E-state index contributed by atoms with van der Waals surface area (Å²) >= 11 is 0. The summed E-state index contributed by atoms with van der Waals surface area (Å²) < 4.78 is 5.43. The first kappa shape index (κ1) is 21.2. The fourth-order valence-electron chi connectivity index (χ4n) is 3.88. The summed E-state index contributed by atoms with van der Waals surface area (Å²) in [5.41, 5.74) is 4.27. The Bertz CT molecular complexity index is 1000. The molecule has 1 fully saturated rings. The Balaban J connectivity index is 1.27. The third-order valence-electron chi connectivity index (χ3n) is 5.93. The summed E-state index contributed by atoms with van der Waals surface area (Å²) in [6, 6.07) is 16.2. The fourth-order valence-corrected chi connectivity index (χ4v) is 3.88. The molecular weight excluding hydrogens is 388 g/mol. The van der Waals surface area contributed by atoms with Gasteiger partial charge < -0.3 is 9.84 Å². The second-order valence-corrected chi connectivity index (χ2v) is 8.70. The Morgan fingerprint density at radius 2 is 1.77 bits per heavy atom. The Morgan fingerprint density at radius 3 is 2.42 bits per heavy atom. The molecule has 162 valence electrons. The topological polar surface area (TPSA) is 71.3 Å². The lowest BCUT2D eigenvalue weighted by Crippen LogP contribution is -2.38. The van der Waals surface area contributed by atoms with E-state index in [-0.39, 0.29) is 11.8 Å². The number of hydrogen-bond acceptors (Lipinski definition) is 5. The Kier molecular flexibility index (Phi) is 6.47. The predicted octanol–water partition coefficient (Wildman–Crippen LogP) is 5.02. The van der Waals surface area contributed by atoms with Crippen LogP contribution in [-0.4, -0.2) is 34.0 Å². The maximum absolute atomic E-state index is 12.7. The van der Waals surface area contributed by atoms with Crippen molar-refractivity contribution in [3.8, 4) is 11.5 Å². The van der Waals surface area contributed by atoms with Crippen LogP contribution in [0.5, 0.6) is 0 Å². The van der Waals surface area contributed by atoms with Crippen LogP contribution < -0.4 is 5.32 Å². The monoisotopic (exact) mass is 418 g/mol. The lowest BCUT2D eigenvalue weighted by Gasteiger charge is -2.30. The third-order valence-corrected chi connectivity index (χ3v) is 5.93. The van der Waals surface area contributed by atoms with Gasteiger partial charge in [0.25, 0.3) is 5.89 Å². The summed E-state index contributed by atoms with van der Waals surface area (Å²) in [6.07, 6.45) is 1.66. The van der Waals surface area contributed by atoms with E-state index in [1.807, 2.05) is 36.4 Å². The molecule has 3 aromatic rings. The van der Waals surface area contributed by atoms with Crippen LogP contribution in [0.15, 0.2) is 53.1 Å². The molecule has 4 rings (SSSR count). The van der Waals surface area contributed by atoms with E-state index < -0.39 is 0 Å². The molecule has 0 saturated carbocycles. The van der Waals surface area contributed by atoms with Gasteiger partial charge in [-0.25, -0.2) is 0 Å². The van der Waals surface area contributed by atoms with Gasteiger partial charge in [0.2, 0.25) is 5.91 Å². The highest BCUT2D eigenvalue weighted by molar-refractivity contribution is 5.92. The van der Waals surface area contributed by atoms with Crippen molar-refractivity contribution in [2.24, 2.45) is 5.92 Å². The van der Waals surface area contributed by atoms with Crippen LogP contribution in [0, 0.1) is 12.8 Å². The second-order valence-electron chi connectivity index (χ2n) is 8.70. The molecule has 1 amide bonds. The molecule has 0 unspecified atom stereocenters. The molecule has 31 heavy (non-hydrogen) atoms. The lowest BCUT2D eigenvalue weighted by atomic mass is 9.95. The van der Waals surface area contributed by atoms with Crippen LogP contribution in [0.1, 0.15) is 49.6 Å². The molecule has 2 aromatic carbocycles. The van der Waals surface area contributed by atoms with Crippen molar-refractivity contribution in [1.29, 1.82) is 0 Å². The Hall–Kier alpha value is -2.99. The van der Waals surface area contributed by atoms with Gasteiger partial charge in [0, 0.05) is 17.2 Å². The number of nitrogens with one attached hydrogen (secondary N) is 1. The van der Waals surface area contributed by atoms with Crippen LogP contribution >= 0.6 is 0 Å². The molecule has 0 radical (unpaired) electrons. The number of nitrogens with zero attached hydrogens (tertiary/aromatic N) is 3. The van der Waals surface area contributed by atoms with Crippen LogP contribution in [0.3, 0.4) is 0 Å². The van der Waals surface area contributed by atoms with Crippen molar-refractivity contribution in [2.45, 2.75) is 46.1 Å². The van der Waals surface area contributed by atoms with Gasteiger partial charge in [-0.05, 0) is 68.6 Å². The van der Waals surface area contributed by atoms with Crippen LogP contribution in [0.2, 0.25) is 0 Å². The van der Waals surface area contributed by atoms with Crippen LogP contribution in [0.4, 0.5) is 5.69 Å². The molecule has 6 heteroatoms. The van der Waals surface area contributed by atoms with Crippen molar-refractivity contribution in [3.05, 3.63) is 65.5 Å². The van der Waals surface area contributed by atoms with Crippen molar-refractivity contribution in [3.63, 3.8) is 0 Å². The van der Waals surface area contributed by atoms with E-state index in [2.05, 4.69) is 53.3 Å². The van der Waals surface area contributed by atoms with Gasteiger partial charge in [-0.15, -0.1) is 0 Å². The largest absolute Gasteiger partial charge is 0.334 e. The smallest absolute Gasteiger partial charge is 0.257 e. The van der Waals surface area contributed by atoms with Gasteiger partial charge in [0.15, 0.2) is 5.82 Å². The van der Waals surface area contributed by atoms with Crippen LogP contribution in [-0.2, 0) is 11.3 Å². The molecule has 0 spiro atoms. The molecule has 1 aromatic heterocycles. The number of amides is 1. The SMILES string of the molecule is Cc1ccc(-c2nc(CN3CCC(C(=O)Nc4ccc(C(C)C)cc4)CC3)no2)cc1. The number of rotatable bonds is 6. The molecule has 0 aliphatic carbocycles. The van der Waals surface area contributed by atoms with Crippen molar-refractivity contribution in [1.82, 2.24) is 15.0 Å². The summed E-state index contributed by atoms with van der Waals surface area (Å²) in [6.45, 7) is 8.71. The zero-order chi connectivity index (χ0) is 21.8. The van der Waals surface area contributed by atoms with E-state index in [0.717, 1.165) is 37.2 Å². The van der Waals surface area contributed by atoms with E-state index in [0.29, 0.717) is 24.2 Å². The first-order valence-electron chi connectivity index (χ1n) is 11.0. The van der Waals surface area contributed by atoms with E-state index in [9.17, 15) is 4.79 Å². The van der Waals surface area contributed by atoms with Gasteiger partial charge in [-0.3, -0.25) is 9.69 Å². The molecule has 2 heterocycles. The zero-order valence-corrected chi connectivity index (χ0v) is 18.5. The standard InChI is InChI=1S/C25H30N4O2/c1-17(2)19-8-10-22(11-9-19)26-24(30)20-12-14-29(15-13-20)16-23-27-25(31-28-23)21-6-4-18(3)5-7-21/h4-11,17,20H,12-16H2,1-3H3,(H,26,30). The molecular formula is C25H30N4O2. The molecule has 0 bridgehead atoms. The normalized spacial score (nSPS) is 15.4. The number of benzene rings is 2. The first-order chi connectivity index (χ1) is 15.0. The number of likely N-dealkylation sites (tertiary alicyclic amines) is 1. The Labute approximate surface area is 183 Å². The van der Waals surface area contributed by atoms with Crippen molar-refractivity contribution >= 4 is 11.6 Å². The van der Waals surface area contributed by atoms with E-state index in [1.54, 1.807) is 0 Å². The van der Waals surface area contributed by atoms with Crippen molar-refractivity contribution in [2.75, 3.05) is 18.4 Å². The van der Waals surface area contributed by atoms with Gasteiger partial charge in [-0.1, -0.05) is 48.8 Å². The molecule has 1 saturated heterocycles. The van der Waals surface area contributed by atoms with Gasteiger partial charge in [0.05, 0.1) is 6.54 Å². The minimum absolute atomic E-state index is 0.0365. The van der Waals surface area contributed by atoms with E-state index in [4.69, 9.17) is 4.52 Å². The predicted molar refractivity (Wildman–Crippen MR) is 122 cm³/mol. The summed E-state index contributed by atoms with van der Waals surface area (Å²) in [4.78, 5) is 19.5. The second kappa shape index (κ2) is 9.43. The van der Waals surface area contributed by atoms with E-state index >= 15 is 0 Å². The number of hydrogen-bond donors (Lipinski definition) is 1. The van der Waals surface area contributed by atoms with Crippen molar-refractivity contribution < 1.29 is 9.32 Å². The number of aromatic nitrogens is 2. The van der Waals surface area contributed by atoms with E-state index in [1.165, 1.54) is 11.1 Å². The highest BCUT2D eigenvalue weighted by Crippen LogP contribution is 2.23. The quantitative estimate of drug-likeness (QED) is 0.609. The summed E-state index contributed by atoms with van der Waals surface area (Å²) in [7, 11) is 0.